The number of unbranched alkanes of at least 4 members (excludes halogenated alkanes) is 3. The van der Waals surface area contributed by atoms with Crippen LogP contribution in [0.2, 0.25) is 0 Å². The molecule has 7 nitrogen and oxygen atoms in total. The number of allylic oxidation sites excluding steroid dienone is 4. The van der Waals surface area contributed by atoms with Gasteiger partial charge in [0.1, 0.15) is 12.2 Å². The van der Waals surface area contributed by atoms with Crippen molar-refractivity contribution in [1.29, 1.82) is 0 Å². The Kier molecular flexibility index (Phi) is 21.5. The van der Waals surface area contributed by atoms with Crippen molar-refractivity contribution in [1.82, 2.24) is 9.80 Å². The molecule has 8 heteroatoms. The predicted octanol–water partition coefficient (Wildman–Crippen LogP) is 18.3. The van der Waals surface area contributed by atoms with Crippen LogP contribution in [0.3, 0.4) is 0 Å². The summed E-state index contributed by atoms with van der Waals surface area (Å²) in [5.41, 5.74) is 6.15. The fourth-order valence-electron chi connectivity index (χ4n) is 19.4. The molecule has 8 aliphatic carbocycles. The average molecular weight is 1100 g/mol. The van der Waals surface area contributed by atoms with Gasteiger partial charge in [0.25, 0.3) is 5.24 Å². The van der Waals surface area contributed by atoms with Crippen molar-refractivity contribution in [3.05, 3.63) is 34.9 Å². The summed E-state index contributed by atoms with van der Waals surface area (Å²) < 4.78 is 12.5. The molecule has 78 heavy (non-hydrogen) atoms. The molecule has 0 radical (unpaired) electrons. The van der Waals surface area contributed by atoms with E-state index >= 15 is 0 Å². The summed E-state index contributed by atoms with van der Waals surface area (Å²) in [6.45, 7) is 27.0. The number of hydrogen-bond donors (Lipinski definition) is 0. The number of amides is 1. The van der Waals surface area contributed by atoms with Crippen LogP contribution in [-0.2, 0) is 19.1 Å². The third kappa shape index (κ3) is 14.1. The lowest BCUT2D eigenvalue weighted by molar-refractivity contribution is -0.152. The molecule has 442 valence electrons. The molecule has 6 saturated carbocycles. The number of nitrogens with zero attached hydrogens (tertiary/aromatic N) is 2. The number of hydrogen-bond acceptors (Lipinski definition) is 7. The number of esters is 2. The first-order chi connectivity index (χ1) is 37.2. The van der Waals surface area contributed by atoms with E-state index in [0.717, 1.165) is 136 Å². The SMILES string of the molecule is CC(C)CCCC(C)C1CCC2C3=CC=C4CC(OC(=O)CCN(CCCCCCC(=O)OC5CCC6(C)C(=CCC7C6CCC6(C)C(C(C)CCCC(C)C)CCC76)C5)C(=O)SCCCN(C)C)CCC4(C)C3CCC21C. The number of ether oxygens (including phenoxy) is 2. The highest BCUT2D eigenvalue weighted by atomic mass is 32.2. The topological polar surface area (TPSA) is 76.1 Å². The Morgan fingerprint density at radius 1 is 0.577 bits per heavy atom. The van der Waals surface area contributed by atoms with Crippen LogP contribution in [0.5, 0.6) is 0 Å². The maximum Gasteiger partial charge on any atom is 0.307 e. The van der Waals surface area contributed by atoms with Crippen LogP contribution < -0.4 is 0 Å². The molecule has 1 amide bonds. The van der Waals surface area contributed by atoms with Gasteiger partial charge in [0.05, 0.1) is 6.42 Å². The third-order valence-corrected chi connectivity index (χ3v) is 25.0. The normalized spacial score (nSPS) is 35.8. The minimum atomic E-state index is -0.179. The highest BCUT2D eigenvalue weighted by molar-refractivity contribution is 8.13. The number of carbonyl (C=O) groups is 3. The van der Waals surface area contributed by atoms with E-state index in [2.05, 4.69) is 106 Å². The fourth-order valence-corrected chi connectivity index (χ4v) is 20.2. The van der Waals surface area contributed by atoms with Crippen LogP contribution in [0.25, 0.3) is 0 Å². The lowest BCUT2D eigenvalue weighted by atomic mass is 9.47. The molecule has 0 aliphatic heterocycles. The van der Waals surface area contributed by atoms with Crippen molar-refractivity contribution in [3.63, 3.8) is 0 Å². The first kappa shape index (κ1) is 62.0. The molecule has 0 N–H and O–H groups in total. The Morgan fingerprint density at radius 3 is 1.87 bits per heavy atom. The molecule has 0 bridgehead atoms. The lowest BCUT2D eigenvalue weighted by Gasteiger charge is -2.58. The van der Waals surface area contributed by atoms with E-state index in [-0.39, 0.29) is 46.6 Å². The second-order valence-electron chi connectivity index (χ2n) is 30.1. The summed E-state index contributed by atoms with van der Waals surface area (Å²) in [7, 11) is 4.14. The van der Waals surface area contributed by atoms with Crippen LogP contribution in [0.4, 0.5) is 4.79 Å². The number of carbonyl (C=O) groups excluding carboxylic acids is 3. The van der Waals surface area contributed by atoms with Gasteiger partial charge < -0.3 is 19.3 Å². The first-order valence-electron chi connectivity index (χ1n) is 33.2. The van der Waals surface area contributed by atoms with Gasteiger partial charge in [-0.15, -0.1) is 0 Å². The van der Waals surface area contributed by atoms with E-state index < -0.39 is 0 Å². The molecule has 0 heterocycles. The molecule has 0 aromatic heterocycles. The van der Waals surface area contributed by atoms with Crippen molar-refractivity contribution in [2.75, 3.05) is 39.5 Å². The number of fused-ring (bicyclic) bond motifs is 10. The third-order valence-electron chi connectivity index (χ3n) is 24.0. The monoisotopic (exact) mass is 1100 g/mol. The van der Waals surface area contributed by atoms with Gasteiger partial charge in [-0.05, 0) is 210 Å². The van der Waals surface area contributed by atoms with E-state index in [4.69, 9.17) is 9.47 Å². The summed E-state index contributed by atoms with van der Waals surface area (Å²) in [6.07, 6.45) is 39.0. The van der Waals surface area contributed by atoms with E-state index in [9.17, 15) is 14.4 Å². The zero-order chi connectivity index (χ0) is 56.0. The Labute approximate surface area is 482 Å². The maximum absolute atomic E-state index is 13.7. The quantitative estimate of drug-likeness (QED) is 0.0485. The van der Waals surface area contributed by atoms with Crippen LogP contribution in [0, 0.1) is 86.8 Å². The molecule has 15 unspecified atom stereocenters. The average Bonchev–Trinajstić information content (AvgIpc) is 4.09. The number of rotatable bonds is 26. The molecular weight excluding hydrogens is 981 g/mol. The molecular formula is C70H116N2O5S. The molecule has 0 spiro atoms. The summed E-state index contributed by atoms with van der Waals surface area (Å²) >= 11 is 1.38. The Hall–Kier alpha value is -2.06. The largest absolute Gasteiger partial charge is 0.462 e. The van der Waals surface area contributed by atoms with Gasteiger partial charge in [-0.25, -0.2) is 0 Å². The van der Waals surface area contributed by atoms with Gasteiger partial charge in [0.2, 0.25) is 0 Å². The molecule has 0 saturated heterocycles. The second-order valence-corrected chi connectivity index (χ2v) is 31.1. The van der Waals surface area contributed by atoms with Gasteiger partial charge in [0.15, 0.2) is 0 Å². The standard InChI is InChI=1S/C70H116N2O5S/c1-48(2)20-17-22-50(5)58-29-31-60-56-27-25-52-46-54(33-38-67(52,7)62(56)35-40-69(58,60)9)76-64(73)24-15-13-14-16-43-72(66(75)78-45-19-42-71(11)12)44-37-65(74)77-55-34-39-68(8)53(47-55)26-28-57-61-32-30-59(51(6)23-18-21-49(3)4)70(61,10)41-36-63(57)68/h25-26,28,48-51,54-56,58-63H,13-24,27,29-47H2,1-12H3. The van der Waals surface area contributed by atoms with Crippen molar-refractivity contribution in [2.45, 2.75) is 261 Å². The van der Waals surface area contributed by atoms with E-state index in [1.165, 1.54) is 114 Å². The zero-order valence-corrected chi connectivity index (χ0v) is 53.0. The Balaban J connectivity index is 0.759. The van der Waals surface area contributed by atoms with Gasteiger partial charge in [0, 0.05) is 38.1 Å². The molecule has 8 rings (SSSR count). The Bertz CT molecular complexity index is 2110. The summed E-state index contributed by atoms with van der Waals surface area (Å²) in [4.78, 5) is 44.6. The van der Waals surface area contributed by atoms with Gasteiger partial charge >= 0.3 is 11.9 Å². The maximum atomic E-state index is 13.7. The fraction of sp³-hybridized carbons (Fsp3) is 0.871. The molecule has 15 atom stereocenters. The molecule has 0 aromatic rings. The highest BCUT2D eigenvalue weighted by Gasteiger charge is 2.60. The Morgan fingerprint density at radius 2 is 1.19 bits per heavy atom. The van der Waals surface area contributed by atoms with Crippen LogP contribution in [-0.4, -0.2) is 78.7 Å². The molecule has 6 fully saturated rings. The zero-order valence-electron chi connectivity index (χ0n) is 52.2. The summed E-state index contributed by atoms with van der Waals surface area (Å²) in [5, 5.41) is 0.0603. The van der Waals surface area contributed by atoms with Crippen molar-refractivity contribution < 1.29 is 23.9 Å². The summed E-state index contributed by atoms with van der Waals surface area (Å²) in [6, 6.07) is 0. The van der Waals surface area contributed by atoms with Crippen LogP contribution in [0.1, 0.15) is 249 Å². The van der Waals surface area contributed by atoms with Crippen molar-refractivity contribution in [2.24, 2.45) is 86.8 Å². The van der Waals surface area contributed by atoms with E-state index in [1.54, 1.807) is 11.1 Å². The minimum Gasteiger partial charge on any atom is -0.462 e. The smallest absolute Gasteiger partial charge is 0.307 e. The second kappa shape index (κ2) is 27.1. The number of thioether (sulfide) groups is 1. The van der Waals surface area contributed by atoms with Gasteiger partial charge in [-0.2, -0.15) is 0 Å². The predicted molar refractivity (Wildman–Crippen MR) is 326 cm³/mol. The van der Waals surface area contributed by atoms with E-state index in [0.29, 0.717) is 42.2 Å². The first-order valence-corrected chi connectivity index (χ1v) is 34.2. The van der Waals surface area contributed by atoms with Gasteiger partial charge in [-0.1, -0.05) is 167 Å². The van der Waals surface area contributed by atoms with Crippen LogP contribution >= 0.6 is 11.8 Å². The van der Waals surface area contributed by atoms with Crippen LogP contribution in [0.15, 0.2) is 34.9 Å². The van der Waals surface area contributed by atoms with E-state index in [1.807, 2.05) is 4.90 Å². The minimum absolute atomic E-state index is 0.00562. The highest BCUT2D eigenvalue weighted by Crippen LogP contribution is 2.69. The molecule has 8 aliphatic rings. The summed E-state index contributed by atoms with van der Waals surface area (Å²) in [5.74, 6) is 9.28. The molecule has 0 aromatic carbocycles. The lowest BCUT2D eigenvalue weighted by Crippen LogP contribution is -2.51. The van der Waals surface area contributed by atoms with Crippen molar-refractivity contribution in [3.8, 4) is 0 Å². The van der Waals surface area contributed by atoms with Gasteiger partial charge in [-0.3, -0.25) is 14.4 Å². The van der Waals surface area contributed by atoms with Crippen molar-refractivity contribution >= 4 is 28.9 Å².